The number of sulfonamides is 1. The molecule has 128 valence electrons. The summed E-state index contributed by atoms with van der Waals surface area (Å²) in [6.07, 6.45) is 0. The number of rotatable bonds is 7. The zero-order valence-corrected chi connectivity index (χ0v) is 14.1. The molecule has 0 aliphatic carbocycles. The lowest BCUT2D eigenvalue weighted by Gasteiger charge is -2.10. The number of hydrogen-bond donors (Lipinski definition) is 2. The molecule has 0 atom stereocenters. The summed E-state index contributed by atoms with van der Waals surface area (Å²) < 4.78 is 32.4. The maximum atomic E-state index is 12.4. The van der Waals surface area contributed by atoms with Crippen LogP contribution >= 0.6 is 0 Å². The average molecular weight is 350 g/mol. The summed E-state index contributed by atoms with van der Waals surface area (Å²) in [6, 6.07) is 12.1. The minimum absolute atomic E-state index is 0.0255. The van der Waals surface area contributed by atoms with Crippen LogP contribution in [0.15, 0.2) is 53.4 Å². The highest BCUT2D eigenvalue weighted by atomic mass is 32.2. The second-order valence-corrected chi connectivity index (χ2v) is 6.41. The molecular formula is C16H18N2O5S. The number of methoxy groups -OCH3 is 1. The SMILES string of the molecule is CCONC(=O)c1cccc(S(=O)(=O)Nc2ccc(OC)cc2)c1. The summed E-state index contributed by atoms with van der Waals surface area (Å²) in [6.45, 7) is 2.03. The van der Waals surface area contributed by atoms with Gasteiger partial charge in [0.15, 0.2) is 0 Å². The zero-order chi connectivity index (χ0) is 17.6. The summed E-state index contributed by atoms with van der Waals surface area (Å²) in [7, 11) is -2.30. The highest BCUT2D eigenvalue weighted by Gasteiger charge is 2.16. The highest BCUT2D eigenvalue weighted by Crippen LogP contribution is 2.20. The zero-order valence-electron chi connectivity index (χ0n) is 13.3. The van der Waals surface area contributed by atoms with E-state index in [-0.39, 0.29) is 10.5 Å². The van der Waals surface area contributed by atoms with Crippen LogP contribution < -0.4 is 14.9 Å². The number of carbonyl (C=O) groups is 1. The molecule has 8 heteroatoms. The third kappa shape index (κ3) is 4.46. The van der Waals surface area contributed by atoms with Crippen LogP contribution in [-0.2, 0) is 14.9 Å². The fourth-order valence-corrected chi connectivity index (χ4v) is 2.98. The van der Waals surface area contributed by atoms with Crippen LogP contribution in [-0.4, -0.2) is 28.0 Å². The predicted molar refractivity (Wildman–Crippen MR) is 89.3 cm³/mol. The molecule has 0 saturated carbocycles. The Labute approximate surface area is 140 Å². The van der Waals surface area contributed by atoms with E-state index in [0.717, 1.165) is 0 Å². The third-order valence-electron chi connectivity index (χ3n) is 3.06. The first-order chi connectivity index (χ1) is 11.5. The summed E-state index contributed by atoms with van der Waals surface area (Å²) in [5, 5.41) is 0. The van der Waals surface area contributed by atoms with Gasteiger partial charge in [-0.05, 0) is 49.4 Å². The molecule has 0 saturated heterocycles. The van der Waals surface area contributed by atoms with E-state index in [2.05, 4.69) is 10.2 Å². The predicted octanol–water partition coefficient (Wildman–Crippen LogP) is 2.18. The maximum absolute atomic E-state index is 12.4. The lowest BCUT2D eigenvalue weighted by molar-refractivity contribution is 0.0364. The van der Waals surface area contributed by atoms with E-state index in [1.54, 1.807) is 31.2 Å². The molecule has 0 radical (unpaired) electrons. The van der Waals surface area contributed by atoms with E-state index in [0.29, 0.717) is 18.0 Å². The Kier molecular flexibility index (Phi) is 5.78. The van der Waals surface area contributed by atoms with Crippen molar-refractivity contribution in [2.75, 3.05) is 18.4 Å². The largest absolute Gasteiger partial charge is 0.497 e. The van der Waals surface area contributed by atoms with E-state index in [4.69, 9.17) is 9.57 Å². The van der Waals surface area contributed by atoms with Crippen molar-refractivity contribution in [3.8, 4) is 5.75 Å². The summed E-state index contributed by atoms with van der Waals surface area (Å²) in [4.78, 5) is 16.6. The van der Waals surface area contributed by atoms with Crippen molar-refractivity contribution < 1.29 is 22.8 Å². The molecule has 7 nitrogen and oxygen atoms in total. The number of nitrogens with one attached hydrogen (secondary N) is 2. The number of anilines is 1. The standard InChI is InChI=1S/C16H18N2O5S/c1-3-23-17-16(19)12-5-4-6-15(11-12)24(20,21)18-13-7-9-14(22-2)10-8-13/h4-11,18H,3H2,1-2H3,(H,17,19). The van der Waals surface area contributed by atoms with Crippen molar-refractivity contribution >= 4 is 21.6 Å². The van der Waals surface area contributed by atoms with Crippen molar-refractivity contribution in [3.05, 3.63) is 54.1 Å². The van der Waals surface area contributed by atoms with E-state index in [1.165, 1.54) is 31.4 Å². The minimum Gasteiger partial charge on any atom is -0.497 e. The Morgan fingerprint density at radius 1 is 1.12 bits per heavy atom. The first-order valence-corrected chi connectivity index (χ1v) is 8.63. The van der Waals surface area contributed by atoms with Gasteiger partial charge in [0.05, 0.1) is 18.6 Å². The fourth-order valence-electron chi connectivity index (χ4n) is 1.87. The maximum Gasteiger partial charge on any atom is 0.274 e. The number of carbonyl (C=O) groups excluding carboxylic acids is 1. The molecule has 2 aromatic carbocycles. The average Bonchev–Trinajstić information content (AvgIpc) is 2.60. The number of hydrogen-bond acceptors (Lipinski definition) is 5. The molecule has 24 heavy (non-hydrogen) atoms. The van der Waals surface area contributed by atoms with Crippen molar-refractivity contribution in [2.24, 2.45) is 0 Å². The van der Waals surface area contributed by atoms with Gasteiger partial charge in [0.25, 0.3) is 15.9 Å². The Balaban J connectivity index is 2.20. The second kappa shape index (κ2) is 7.80. The number of hydroxylamine groups is 1. The van der Waals surface area contributed by atoms with Crippen molar-refractivity contribution in [3.63, 3.8) is 0 Å². The molecule has 2 N–H and O–H groups in total. The third-order valence-corrected chi connectivity index (χ3v) is 4.44. The summed E-state index contributed by atoms with van der Waals surface area (Å²) >= 11 is 0. The topological polar surface area (TPSA) is 93.7 Å². The van der Waals surface area contributed by atoms with Gasteiger partial charge in [-0.1, -0.05) is 6.07 Å². The monoisotopic (exact) mass is 350 g/mol. The number of benzene rings is 2. The molecule has 0 heterocycles. The van der Waals surface area contributed by atoms with Gasteiger partial charge in [0.1, 0.15) is 5.75 Å². The van der Waals surface area contributed by atoms with Crippen LogP contribution in [0.3, 0.4) is 0 Å². The molecule has 0 fully saturated rings. The van der Waals surface area contributed by atoms with Crippen LogP contribution in [0, 0.1) is 0 Å². The van der Waals surface area contributed by atoms with Crippen LogP contribution in [0.25, 0.3) is 0 Å². The van der Waals surface area contributed by atoms with Gasteiger partial charge in [-0.15, -0.1) is 0 Å². The van der Waals surface area contributed by atoms with Crippen LogP contribution in [0.1, 0.15) is 17.3 Å². The molecule has 0 aliphatic rings. The van der Waals surface area contributed by atoms with Crippen molar-refractivity contribution in [2.45, 2.75) is 11.8 Å². The quantitative estimate of drug-likeness (QED) is 0.747. The van der Waals surface area contributed by atoms with E-state index >= 15 is 0 Å². The lowest BCUT2D eigenvalue weighted by atomic mass is 10.2. The molecule has 0 spiro atoms. The highest BCUT2D eigenvalue weighted by molar-refractivity contribution is 7.92. The van der Waals surface area contributed by atoms with Gasteiger partial charge in [-0.2, -0.15) is 0 Å². The molecule has 0 unspecified atom stereocenters. The number of amides is 1. The molecule has 1 amide bonds. The normalized spacial score (nSPS) is 10.9. The summed E-state index contributed by atoms with van der Waals surface area (Å²) in [5.74, 6) is 0.103. The Hall–Kier alpha value is -2.58. The smallest absolute Gasteiger partial charge is 0.274 e. The van der Waals surface area contributed by atoms with Gasteiger partial charge in [0.2, 0.25) is 0 Å². The molecule has 0 aromatic heterocycles. The van der Waals surface area contributed by atoms with Gasteiger partial charge in [-0.3, -0.25) is 14.4 Å². The van der Waals surface area contributed by atoms with Gasteiger partial charge < -0.3 is 4.74 Å². The number of ether oxygens (including phenoxy) is 1. The molecule has 0 aliphatic heterocycles. The van der Waals surface area contributed by atoms with Gasteiger partial charge >= 0.3 is 0 Å². The molecule has 2 rings (SSSR count). The first-order valence-electron chi connectivity index (χ1n) is 7.15. The van der Waals surface area contributed by atoms with Crippen LogP contribution in [0.4, 0.5) is 5.69 Å². The molecular weight excluding hydrogens is 332 g/mol. The summed E-state index contributed by atoms with van der Waals surface area (Å²) in [5.41, 5.74) is 2.79. The minimum atomic E-state index is -3.82. The van der Waals surface area contributed by atoms with Crippen molar-refractivity contribution in [1.29, 1.82) is 0 Å². The van der Waals surface area contributed by atoms with Gasteiger partial charge in [0, 0.05) is 11.3 Å². The fraction of sp³-hybridized carbons (Fsp3) is 0.188. The lowest BCUT2D eigenvalue weighted by Crippen LogP contribution is -2.24. The molecule has 2 aromatic rings. The first kappa shape index (κ1) is 17.8. The van der Waals surface area contributed by atoms with Crippen molar-refractivity contribution in [1.82, 2.24) is 5.48 Å². The Morgan fingerprint density at radius 3 is 2.46 bits per heavy atom. The van der Waals surface area contributed by atoms with E-state index < -0.39 is 15.9 Å². The van der Waals surface area contributed by atoms with Crippen LogP contribution in [0.2, 0.25) is 0 Å². The second-order valence-electron chi connectivity index (χ2n) is 4.73. The Morgan fingerprint density at radius 2 is 1.83 bits per heavy atom. The van der Waals surface area contributed by atoms with Crippen LogP contribution in [0.5, 0.6) is 5.75 Å². The molecule has 0 bridgehead atoms. The Bertz CT molecular complexity index is 803. The van der Waals surface area contributed by atoms with E-state index in [9.17, 15) is 13.2 Å². The van der Waals surface area contributed by atoms with Gasteiger partial charge in [-0.25, -0.2) is 13.9 Å². The van der Waals surface area contributed by atoms with E-state index in [1.807, 2.05) is 0 Å².